The Bertz CT molecular complexity index is 1120. The SMILES string of the molecule is CCC1CN(CC)C(=O)C(=O)N1C(=O)N[C@@H](C(=O)NC1CN(S(=O)(=O)[O-])C1=O)c1ccccc1.[Na+]. The van der Waals surface area contributed by atoms with E-state index in [4.69, 9.17) is 0 Å². The number of likely N-dealkylation sites (N-methyl/N-ethyl adjacent to an activating group) is 1. The van der Waals surface area contributed by atoms with Gasteiger partial charge >= 0.3 is 47.4 Å². The molecule has 0 aliphatic carbocycles. The van der Waals surface area contributed by atoms with Crippen molar-refractivity contribution >= 4 is 40.0 Å². The molecule has 2 N–H and O–H groups in total. The van der Waals surface area contributed by atoms with Crippen molar-refractivity contribution < 1.29 is 66.5 Å². The number of carbonyl (C=O) groups excluding carboxylic acids is 5. The molecule has 184 valence electrons. The van der Waals surface area contributed by atoms with Crippen LogP contribution < -0.4 is 40.2 Å². The van der Waals surface area contributed by atoms with Gasteiger partial charge in [-0.25, -0.2) is 17.5 Å². The van der Waals surface area contributed by atoms with Crippen molar-refractivity contribution in [3.8, 4) is 0 Å². The van der Waals surface area contributed by atoms with E-state index < -0.39 is 64.6 Å². The summed E-state index contributed by atoms with van der Waals surface area (Å²) in [5, 5.41) is 4.75. The Hall–Kier alpha value is -2.52. The van der Waals surface area contributed by atoms with Crippen LogP contribution in [0.4, 0.5) is 4.79 Å². The van der Waals surface area contributed by atoms with Crippen LogP contribution in [0.3, 0.4) is 0 Å². The number of carbonyl (C=O) groups is 5. The summed E-state index contributed by atoms with van der Waals surface area (Å²) in [6.45, 7) is 3.39. The number of amides is 6. The fraction of sp³-hybridized carbons (Fsp3) is 0.450. The third-order valence-corrected chi connectivity index (χ3v) is 6.57. The summed E-state index contributed by atoms with van der Waals surface area (Å²) in [6.07, 6.45) is 0.376. The van der Waals surface area contributed by atoms with Crippen LogP contribution in [-0.2, 0) is 29.5 Å². The molecule has 3 atom stereocenters. The molecule has 6 amide bonds. The zero-order valence-electron chi connectivity index (χ0n) is 19.5. The van der Waals surface area contributed by atoms with Crippen LogP contribution in [0.15, 0.2) is 30.3 Å². The van der Waals surface area contributed by atoms with Crippen LogP contribution in [0.25, 0.3) is 0 Å². The molecule has 0 radical (unpaired) electrons. The van der Waals surface area contributed by atoms with Gasteiger partial charge in [-0.15, -0.1) is 0 Å². The summed E-state index contributed by atoms with van der Waals surface area (Å²) in [5.41, 5.74) is 0.312. The van der Waals surface area contributed by atoms with Gasteiger partial charge in [-0.3, -0.25) is 24.1 Å². The third-order valence-electron chi connectivity index (χ3n) is 5.70. The van der Waals surface area contributed by atoms with Crippen molar-refractivity contribution in [3.63, 3.8) is 0 Å². The Balaban J connectivity index is 0.00000432. The van der Waals surface area contributed by atoms with Crippen molar-refractivity contribution in [2.45, 2.75) is 38.4 Å². The normalized spacial score (nSPS) is 21.1. The maximum absolute atomic E-state index is 13.1. The van der Waals surface area contributed by atoms with Gasteiger partial charge in [0.15, 0.2) is 10.3 Å². The maximum atomic E-state index is 13.1. The van der Waals surface area contributed by atoms with Crippen LogP contribution in [0.1, 0.15) is 31.9 Å². The van der Waals surface area contributed by atoms with E-state index >= 15 is 0 Å². The molecule has 35 heavy (non-hydrogen) atoms. The summed E-state index contributed by atoms with van der Waals surface area (Å²) in [7, 11) is -4.98. The predicted molar refractivity (Wildman–Crippen MR) is 114 cm³/mol. The topological polar surface area (TPSA) is 176 Å². The Morgan fingerprint density at radius 3 is 2.23 bits per heavy atom. The number of imide groups is 1. The van der Waals surface area contributed by atoms with E-state index in [-0.39, 0.29) is 40.4 Å². The summed E-state index contributed by atoms with van der Waals surface area (Å²) >= 11 is 0. The van der Waals surface area contributed by atoms with E-state index in [0.717, 1.165) is 4.90 Å². The largest absolute Gasteiger partial charge is 1.00 e. The molecule has 2 aliphatic heterocycles. The van der Waals surface area contributed by atoms with Crippen LogP contribution in [0.5, 0.6) is 0 Å². The minimum atomic E-state index is -4.98. The molecule has 0 spiro atoms. The first-order chi connectivity index (χ1) is 16.0. The summed E-state index contributed by atoms with van der Waals surface area (Å²) in [6, 6.07) is 3.73. The fourth-order valence-electron chi connectivity index (χ4n) is 3.76. The van der Waals surface area contributed by atoms with Gasteiger partial charge in [-0.1, -0.05) is 37.3 Å². The minimum Gasteiger partial charge on any atom is -0.731 e. The Morgan fingerprint density at radius 1 is 1.09 bits per heavy atom. The number of hydrogen-bond donors (Lipinski definition) is 2. The second kappa shape index (κ2) is 11.5. The second-order valence-electron chi connectivity index (χ2n) is 7.76. The molecule has 13 nitrogen and oxygen atoms in total. The first-order valence-corrected chi connectivity index (χ1v) is 11.9. The van der Waals surface area contributed by atoms with E-state index in [2.05, 4.69) is 10.6 Å². The number of benzene rings is 1. The zero-order valence-corrected chi connectivity index (χ0v) is 22.3. The van der Waals surface area contributed by atoms with Gasteiger partial charge in [0, 0.05) is 13.1 Å². The second-order valence-corrected chi connectivity index (χ2v) is 9.06. The average molecular weight is 517 g/mol. The smallest absolute Gasteiger partial charge is 0.731 e. The molecule has 0 saturated carbocycles. The first-order valence-electron chi connectivity index (χ1n) is 10.5. The Morgan fingerprint density at radius 2 is 1.71 bits per heavy atom. The van der Waals surface area contributed by atoms with Crippen molar-refractivity contribution in [1.82, 2.24) is 24.7 Å². The van der Waals surface area contributed by atoms with Crippen molar-refractivity contribution in [2.24, 2.45) is 0 Å². The molecular formula is C20H24N5NaO8S. The summed E-state index contributed by atoms with van der Waals surface area (Å²) in [5.74, 6) is -3.80. The molecule has 15 heteroatoms. The fourth-order valence-corrected chi connectivity index (χ4v) is 4.44. The Labute approximate surface area is 224 Å². The molecule has 0 bridgehead atoms. The molecule has 1 aromatic rings. The van der Waals surface area contributed by atoms with Gasteiger partial charge in [0.05, 0.1) is 12.6 Å². The number of urea groups is 1. The standard InChI is InChI=1S/C20H25N5O8S.Na/c1-3-13-10-23(4-2)18(28)19(29)25(13)20(30)22-15(12-8-6-5-7-9-12)16(26)21-14-11-24(17(14)27)34(31,32)33;/h5-9,13-15H,3-4,10-11H2,1-2H3,(H,21,26)(H,22,30)(H,31,32,33);/q;+1/p-1/t13?,14?,15-;/m1./s1. The van der Waals surface area contributed by atoms with Gasteiger partial charge in [0.2, 0.25) is 5.91 Å². The molecule has 2 fully saturated rings. The van der Waals surface area contributed by atoms with Gasteiger partial charge in [-0.2, -0.15) is 0 Å². The summed E-state index contributed by atoms with van der Waals surface area (Å²) in [4.78, 5) is 65.1. The van der Waals surface area contributed by atoms with E-state index in [1.54, 1.807) is 32.0 Å². The van der Waals surface area contributed by atoms with Crippen molar-refractivity contribution in [1.29, 1.82) is 0 Å². The van der Waals surface area contributed by atoms with E-state index in [9.17, 15) is 36.9 Å². The van der Waals surface area contributed by atoms with E-state index in [1.165, 1.54) is 17.0 Å². The van der Waals surface area contributed by atoms with E-state index in [1.807, 2.05) is 0 Å². The van der Waals surface area contributed by atoms with Gasteiger partial charge in [0.25, 0.3) is 5.91 Å². The first kappa shape index (κ1) is 28.7. The summed E-state index contributed by atoms with van der Waals surface area (Å²) < 4.78 is 33.1. The maximum Gasteiger partial charge on any atom is 1.00 e. The number of nitrogens with one attached hydrogen (secondary N) is 2. The van der Waals surface area contributed by atoms with Crippen molar-refractivity contribution in [2.75, 3.05) is 19.6 Å². The van der Waals surface area contributed by atoms with Crippen LogP contribution >= 0.6 is 0 Å². The molecule has 2 heterocycles. The monoisotopic (exact) mass is 517 g/mol. The molecular weight excluding hydrogens is 493 g/mol. The minimum absolute atomic E-state index is 0. The predicted octanol–water partition coefficient (Wildman–Crippen LogP) is -4.30. The third kappa shape index (κ3) is 6.01. The number of piperazine rings is 1. The number of rotatable bonds is 7. The number of nitrogens with zero attached hydrogens (tertiary/aromatic N) is 3. The zero-order chi connectivity index (χ0) is 25.2. The average Bonchev–Trinajstić information content (AvgIpc) is 2.80. The number of hydrogen-bond acceptors (Lipinski definition) is 8. The molecule has 3 rings (SSSR count). The molecule has 1 aromatic carbocycles. The van der Waals surface area contributed by atoms with Crippen molar-refractivity contribution in [3.05, 3.63) is 35.9 Å². The van der Waals surface area contributed by atoms with Gasteiger partial charge in [0.1, 0.15) is 12.1 Å². The Kier molecular flexibility index (Phi) is 9.42. The van der Waals surface area contributed by atoms with Crippen LogP contribution in [0, 0.1) is 0 Å². The van der Waals surface area contributed by atoms with Gasteiger partial charge < -0.3 is 20.1 Å². The molecule has 0 aromatic heterocycles. The molecule has 2 aliphatic rings. The van der Waals surface area contributed by atoms with E-state index in [0.29, 0.717) is 18.5 Å². The number of β-lactam (4-membered cyclic amide) rings is 1. The van der Waals surface area contributed by atoms with Crippen LogP contribution in [0.2, 0.25) is 0 Å². The quantitative estimate of drug-likeness (QED) is 0.158. The molecule has 2 unspecified atom stereocenters. The molecule has 2 saturated heterocycles. The van der Waals surface area contributed by atoms with Crippen LogP contribution in [-0.4, -0.2) is 88.5 Å². The van der Waals surface area contributed by atoms with Gasteiger partial charge in [-0.05, 0) is 18.9 Å².